The van der Waals surface area contributed by atoms with E-state index in [4.69, 9.17) is 11.6 Å². The molecular weight excluding hydrogens is 348 g/mol. The summed E-state index contributed by atoms with van der Waals surface area (Å²) in [6, 6.07) is 5.95. The van der Waals surface area contributed by atoms with Crippen molar-refractivity contribution < 1.29 is 13.2 Å². The lowest BCUT2D eigenvalue weighted by Crippen LogP contribution is -2.52. The van der Waals surface area contributed by atoms with Crippen LogP contribution in [0.3, 0.4) is 0 Å². The molecule has 7 heteroatoms. The predicted molar refractivity (Wildman–Crippen MR) is 96.3 cm³/mol. The summed E-state index contributed by atoms with van der Waals surface area (Å²) in [6.45, 7) is 5.14. The first-order valence-corrected chi connectivity index (χ1v) is 10.3. The third-order valence-electron chi connectivity index (χ3n) is 4.18. The molecule has 1 aliphatic heterocycles. The normalized spacial score (nSPS) is 17.1. The van der Waals surface area contributed by atoms with Crippen molar-refractivity contribution in [2.75, 3.05) is 13.1 Å². The topological polar surface area (TPSA) is 66.5 Å². The maximum Gasteiger partial charge on any atom is 0.241 e. The predicted octanol–water partition coefficient (Wildman–Crippen LogP) is 2.80. The molecular formula is C17H25ClN2O3S. The highest BCUT2D eigenvalue weighted by molar-refractivity contribution is 7.88. The summed E-state index contributed by atoms with van der Waals surface area (Å²) in [5, 5.41) is 0.560. The minimum atomic E-state index is -3.62. The van der Waals surface area contributed by atoms with Gasteiger partial charge >= 0.3 is 0 Å². The van der Waals surface area contributed by atoms with Gasteiger partial charge in [0.25, 0.3) is 0 Å². The molecule has 1 aromatic carbocycles. The number of benzene rings is 1. The lowest BCUT2D eigenvalue weighted by molar-refractivity contribution is -0.134. The van der Waals surface area contributed by atoms with Crippen LogP contribution in [-0.4, -0.2) is 38.4 Å². The number of likely N-dealkylation sites (tertiary alicyclic amines) is 1. The van der Waals surface area contributed by atoms with Crippen LogP contribution < -0.4 is 4.72 Å². The zero-order valence-corrected chi connectivity index (χ0v) is 15.7. The molecule has 1 atom stereocenters. The van der Waals surface area contributed by atoms with E-state index in [0.29, 0.717) is 23.7 Å². The Kier molecular flexibility index (Phi) is 6.66. The van der Waals surface area contributed by atoms with Crippen molar-refractivity contribution in [3.63, 3.8) is 0 Å². The Hall–Kier alpha value is -1.11. The monoisotopic (exact) mass is 372 g/mol. The number of piperidine rings is 1. The van der Waals surface area contributed by atoms with E-state index in [1.165, 1.54) is 0 Å². The Bertz CT molecular complexity index is 653. The second-order valence-corrected chi connectivity index (χ2v) is 8.80. The van der Waals surface area contributed by atoms with Gasteiger partial charge in [-0.15, -0.1) is 0 Å². The molecule has 0 aromatic heterocycles. The summed E-state index contributed by atoms with van der Waals surface area (Å²) < 4.78 is 27.5. The van der Waals surface area contributed by atoms with E-state index in [0.717, 1.165) is 19.3 Å². The average molecular weight is 373 g/mol. The van der Waals surface area contributed by atoms with Crippen molar-refractivity contribution >= 4 is 27.5 Å². The number of amides is 1. The molecule has 0 aliphatic carbocycles. The van der Waals surface area contributed by atoms with Crippen LogP contribution in [0, 0.1) is 5.92 Å². The van der Waals surface area contributed by atoms with Crippen molar-refractivity contribution in [2.45, 2.75) is 44.9 Å². The summed E-state index contributed by atoms with van der Waals surface area (Å²) in [6.07, 6.45) is 3.08. The maximum absolute atomic E-state index is 12.7. The van der Waals surface area contributed by atoms with Gasteiger partial charge in [-0.05, 0) is 42.9 Å². The lowest BCUT2D eigenvalue weighted by atomic mass is 10.0. The van der Waals surface area contributed by atoms with E-state index in [1.54, 1.807) is 29.2 Å². The molecule has 0 radical (unpaired) electrons. The number of carbonyl (C=O) groups is 1. The van der Waals surface area contributed by atoms with Crippen molar-refractivity contribution in [2.24, 2.45) is 5.92 Å². The summed E-state index contributed by atoms with van der Waals surface area (Å²) in [5.41, 5.74) is 0.639. The molecule has 24 heavy (non-hydrogen) atoms. The Balaban J connectivity index is 2.07. The molecule has 1 aromatic rings. The summed E-state index contributed by atoms with van der Waals surface area (Å²) in [4.78, 5) is 14.5. The fourth-order valence-electron chi connectivity index (χ4n) is 2.82. The van der Waals surface area contributed by atoms with Gasteiger partial charge in [0.1, 0.15) is 6.04 Å². The number of sulfonamides is 1. The molecule has 0 bridgehead atoms. The van der Waals surface area contributed by atoms with Crippen LogP contribution >= 0.6 is 11.6 Å². The van der Waals surface area contributed by atoms with E-state index in [1.807, 2.05) is 13.8 Å². The first-order valence-electron chi connectivity index (χ1n) is 8.32. The second kappa shape index (κ2) is 8.32. The third kappa shape index (κ3) is 5.46. The molecule has 1 aliphatic rings. The zero-order valence-electron chi connectivity index (χ0n) is 14.2. The number of nitrogens with zero attached hydrogens (tertiary/aromatic N) is 1. The molecule has 0 spiro atoms. The first kappa shape index (κ1) is 19.2. The highest BCUT2D eigenvalue weighted by atomic mass is 35.5. The van der Waals surface area contributed by atoms with Crippen LogP contribution in [0.1, 0.15) is 38.7 Å². The van der Waals surface area contributed by atoms with Crippen molar-refractivity contribution in [1.29, 1.82) is 0 Å². The maximum atomic E-state index is 12.7. The molecule has 5 nitrogen and oxygen atoms in total. The van der Waals surface area contributed by atoms with Crippen molar-refractivity contribution in [1.82, 2.24) is 9.62 Å². The lowest BCUT2D eigenvalue weighted by Gasteiger charge is -2.32. The highest BCUT2D eigenvalue weighted by Gasteiger charge is 2.31. The molecule has 1 saturated heterocycles. The molecule has 1 amide bonds. The second-order valence-electron chi connectivity index (χ2n) is 6.61. The van der Waals surface area contributed by atoms with Gasteiger partial charge < -0.3 is 4.90 Å². The van der Waals surface area contributed by atoms with Crippen molar-refractivity contribution in [3.8, 4) is 0 Å². The summed E-state index contributed by atoms with van der Waals surface area (Å²) in [5.74, 6) is -0.399. The zero-order chi connectivity index (χ0) is 17.7. The largest absolute Gasteiger partial charge is 0.341 e. The number of hydrogen-bond donors (Lipinski definition) is 1. The Morgan fingerprint density at radius 3 is 2.29 bits per heavy atom. The van der Waals surface area contributed by atoms with Crippen LogP contribution in [-0.2, 0) is 20.6 Å². The highest BCUT2D eigenvalue weighted by Crippen LogP contribution is 2.16. The van der Waals surface area contributed by atoms with Crippen LogP contribution in [0.25, 0.3) is 0 Å². The number of halogens is 1. The summed E-state index contributed by atoms with van der Waals surface area (Å²) >= 11 is 5.82. The van der Waals surface area contributed by atoms with Gasteiger partial charge in [-0.1, -0.05) is 37.6 Å². The Morgan fingerprint density at radius 2 is 1.75 bits per heavy atom. The molecule has 0 saturated carbocycles. The molecule has 0 unspecified atom stereocenters. The van der Waals surface area contributed by atoms with Gasteiger partial charge in [-0.25, -0.2) is 13.1 Å². The van der Waals surface area contributed by atoms with Crippen LogP contribution in [0.15, 0.2) is 24.3 Å². The van der Waals surface area contributed by atoms with Crippen molar-refractivity contribution in [3.05, 3.63) is 34.9 Å². The minimum absolute atomic E-state index is 0.112. The van der Waals surface area contributed by atoms with Crippen LogP contribution in [0.2, 0.25) is 5.02 Å². The van der Waals surface area contributed by atoms with Gasteiger partial charge in [-0.3, -0.25) is 4.79 Å². The summed E-state index contributed by atoms with van der Waals surface area (Å²) in [7, 11) is -3.62. The van der Waals surface area contributed by atoms with E-state index in [9.17, 15) is 13.2 Å². The van der Waals surface area contributed by atoms with Gasteiger partial charge in [-0.2, -0.15) is 0 Å². The number of rotatable bonds is 6. The Labute approximate surface area is 149 Å². The molecule has 1 fully saturated rings. The molecule has 2 rings (SSSR count). The third-order valence-corrected chi connectivity index (χ3v) is 5.76. The SMILES string of the molecule is CC(C)[C@@H](NS(=O)(=O)Cc1ccc(Cl)cc1)C(=O)N1CCCCC1. The van der Waals surface area contributed by atoms with E-state index in [2.05, 4.69) is 4.72 Å². The number of nitrogens with one attached hydrogen (secondary N) is 1. The number of carbonyl (C=O) groups excluding carboxylic acids is 1. The quantitative estimate of drug-likeness (QED) is 0.834. The van der Waals surface area contributed by atoms with Gasteiger partial charge in [0, 0.05) is 18.1 Å². The number of hydrogen-bond acceptors (Lipinski definition) is 3. The van der Waals surface area contributed by atoms with Gasteiger partial charge in [0.05, 0.1) is 5.75 Å². The smallest absolute Gasteiger partial charge is 0.241 e. The standard InChI is InChI=1S/C17H25ClN2O3S/c1-13(2)16(17(21)20-10-4-3-5-11-20)19-24(22,23)12-14-6-8-15(18)9-7-14/h6-9,13,16,19H,3-5,10-12H2,1-2H3/t16-/m1/s1. The minimum Gasteiger partial charge on any atom is -0.341 e. The molecule has 134 valence electrons. The van der Waals surface area contributed by atoms with Gasteiger partial charge in [0.15, 0.2) is 0 Å². The van der Waals surface area contributed by atoms with E-state index >= 15 is 0 Å². The van der Waals surface area contributed by atoms with Gasteiger partial charge in [0.2, 0.25) is 15.9 Å². The first-order chi connectivity index (χ1) is 11.3. The average Bonchev–Trinajstić information content (AvgIpc) is 2.54. The fourth-order valence-corrected chi connectivity index (χ4v) is 4.42. The van der Waals surface area contributed by atoms with E-state index < -0.39 is 16.1 Å². The van der Waals surface area contributed by atoms with E-state index in [-0.39, 0.29) is 17.6 Å². The fraction of sp³-hybridized carbons (Fsp3) is 0.588. The Morgan fingerprint density at radius 1 is 1.17 bits per heavy atom. The molecule has 1 heterocycles. The molecule has 1 N–H and O–H groups in total. The van der Waals surface area contributed by atoms with Crippen LogP contribution in [0.4, 0.5) is 0 Å². The van der Waals surface area contributed by atoms with Crippen LogP contribution in [0.5, 0.6) is 0 Å².